The van der Waals surface area contributed by atoms with Crippen molar-refractivity contribution in [1.29, 1.82) is 0 Å². The first-order valence-corrected chi connectivity index (χ1v) is 8.98. The van der Waals surface area contributed by atoms with Crippen LogP contribution in [0.15, 0.2) is 42.3 Å². The first-order chi connectivity index (χ1) is 13.7. The van der Waals surface area contributed by atoms with Crippen molar-refractivity contribution in [3.05, 3.63) is 48.6 Å². The molecule has 2 heterocycles. The number of aliphatic imine (C=N–C) groups is 1. The Morgan fingerprint density at radius 2 is 2.18 bits per heavy atom. The molecule has 1 N–H and O–H groups in total. The Labute approximate surface area is 163 Å². The lowest BCUT2D eigenvalue weighted by Crippen LogP contribution is -2.38. The van der Waals surface area contributed by atoms with Gasteiger partial charge < -0.3 is 14.8 Å². The number of anilines is 1. The van der Waals surface area contributed by atoms with Gasteiger partial charge in [-0.1, -0.05) is 12.7 Å². The van der Waals surface area contributed by atoms with Crippen LogP contribution >= 0.6 is 0 Å². The van der Waals surface area contributed by atoms with Gasteiger partial charge in [0, 0.05) is 43.7 Å². The number of ether oxygens (including phenoxy) is 2. The number of hydrogen-bond acceptors (Lipinski definition) is 7. The smallest absolute Gasteiger partial charge is 0.275 e. The van der Waals surface area contributed by atoms with E-state index in [9.17, 15) is 4.79 Å². The van der Waals surface area contributed by atoms with Crippen LogP contribution < -0.4 is 10.1 Å². The van der Waals surface area contributed by atoms with Crippen molar-refractivity contribution in [2.45, 2.75) is 0 Å². The van der Waals surface area contributed by atoms with E-state index in [1.807, 2.05) is 6.07 Å². The summed E-state index contributed by atoms with van der Waals surface area (Å²) in [7, 11) is 0. The molecule has 2 aromatic rings. The molecule has 1 aromatic carbocycles. The molecule has 0 unspecified atom stereocenters. The van der Waals surface area contributed by atoms with E-state index < -0.39 is 5.91 Å². The molecule has 0 bridgehead atoms. The van der Waals surface area contributed by atoms with Crippen LogP contribution in [-0.4, -0.2) is 66.9 Å². The van der Waals surface area contributed by atoms with E-state index in [4.69, 9.17) is 9.47 Å². The van der Waals surface area contributed by atoms with Crippen LogP contribution in [-0.2, 0) is 4.74 Å². The minimum atomic E-state index is -0.390. The molecule has 0 saturated carbocycles. The van der Waals surface area contributed by atoms with Crippen LogP contribution in [0.25, 0.3) is 6.08 Å². The molecule has 0 spiro atoms. The molecular weight excluding hydrogens is 358 g/mol. The topological polar surface area (TPSA) is 88.9 Å². The molecule has 1 aromatic heterocycles. The Balaban J connectivity index is 1.74. The van der Waals surface area contributed by atoms with Crippen molar-refractivity contribution in [1.82, 2.24) is 14.9 Å². The van der Waals surface area contributed by atoms with Gasteiger partial charge in [0.05, 0.1) is 30.8 Å². The van der Waals surface area contributed by atoms with E-state index in [1.165, 1.54) is 18.6 Å². The van der Waals surface area contributed by atoms with Crippen LogP contribution in [0.3, 0.4) is 0 Å². The molecule has 28 heavy (non-hydrogen) atoms. The minimum absolute atomic E-state index is 0.205. The molecule has 8 nitrogen and oxygen atoms in total. The lowest BCUT2D eigenvalue weighted by molar-refractivity contribution is 0.0322. The van der Waals surface area contributed by atoms with Crippen LogP contribution in [0.2, 0.25) is 0 Å². The summed E-state index contributed by atoms with van der Waals surface area (Å²) in [4.78, 5) is 26.7. The second-order valence-corrected chi connectivity index (χ2v) is 6.12. The van der Waals surface area contributed by atoms with Gasteiger partial charge in [-0.25, -0.2) is 4.98 Å². The highest BCUT2D eigenvalue weighted by molar-refractivity contribution is 6.05. The van der Waals surface area contributed by atoms with Crippen molar-refractivity contribution < 1.29 is 14.3 Å². The van der Waals surface area contributed by atoms with Gasteiger partial charge in [0.2, 0.25) is 0 Å². The number of aromatic nitrogens is 2. The summed E-state index contributed by atoms with van der Waals surface area (Å²) in [6, 6.07) is 3.55. The van der Waals surface area contributed by atoms with Crippen molar-refractivity contribution >= 4 is 30.1 Å². The third-order valence-electron chi connectivity index (χ3n) is 4.31. The lowest BCUT2D eigenvalue weighted by Gasteiger charge is -2.26. The molecule has 1 aliphatic heterocycles. The maximum Gasteiger partial charge on any atom is 0.275 e. The maximum atomic E-state index is 12.5. The minimum Gasteiger partial charge on any atom is -0.492 e. The van der Waals surface area contributed by atoms with E-state index in [1.54, 1.807) is 12.1 Å². The van der Waals surface area contributed by atoms with Crippen molar-refractivity contribution in [3.63, 3.8) is 0 Å². The second-order valence-electron chi connectivity index (χ2n) is 6.12. The summed E-state index contributed by atoms with van der Waals surface area (Å²) in [6.07, 6.45) is 6.01. The molecule has 1 amide bonds. The average Bonchev–Trinajstić information content (AvgIpc) is 2.74. The Bertz CT molecular complexity index is 835. The van der Waals surface area contributed by atoms with Crippen LogP contribution in [0.1, 0.15) is 16.1 Å². The zero-order chi connectivity index (χ0) is 19.8. The zero-order valence-electron chi connectivity index (χ0n) is 15.6. The standard InChI is InChI=1S/C20H23N5O3/c1-3-15-12-16(28-11-8-25-6-9-27-10-7-25)13-17(19(15)21-2)24-20(26)18-14-22-4-5-23-18/h3-5,12-14H,1-2,6-11H2,(H,24,26). The number of hydrogen-bond donors (Lipinski definition) is 1. The highest BCUT2D eigenvalue weighted by Crippen LogP contribution is 2.35. The number of morpholine rings is 1. The van der Waals surface area contributed by atoms with Crippen molar-refractivity contribution in [2.24, 2.45) is 4.99 Å². The maximum absolute atomic E-state index is 12.5. The third kappa shape index (κ3) is 4.99. The highest BCUT2D eigenvalue weighted by Gasteiger charge is 2.15. The number of rotatable bonds is 8. The molecule has 146 valence electrons. The van der Waals surface area contributed by atoms with E-state index in [2.05, 4.69) is 38.5 Å². The molecule has 1 fully saturated rings. The molecule has 0 aliphatic carbocycles. The summed E-state index contributed by atoms with van der Waals surface area (Å²) in [5.41, 5.74) is 1.92. The quantitative estimate of drug-likeness (QED) is 0.707. The summed E-state index contributed by atoms with van der Waals surface area (Å²) in [5.74, 6) is 0.225. The first kappa shape index (κ1) is 19.7. The van der Waals surface area contributed by atoms with Crippen LogP contribution in [0.5, 0.6) is 5.75 Å². The van der Waals surface area contributed by atoms with Crippen LogP contribution in [0.4, 0.5) is 11.4 Å². The fourth-order valence-electron chi connectivity index (χ4n) is 2.86. The zero-order valence-corrected chi connectivity index (χ0v) is 15.6. The summed E-state index contributed by atoms with van der Waals surface area (Å²) in [5, 5.41) is 2.80. The first-order valence-electron chi connectivity index (χ1n) is 8.98. The van der Waals surface area contributed by atoms with E-state index in [0.717, 1.165) is 32.8 Å². The van der Waals surface area contributed by atoms with E-state index in [-0.39, 0.29) is 5.69 Å². The molecule has 0 radical (unpaired) electrons. The van der Waals surface area contributed by atoms with Crippen LogP contribution in [0, 0.1) is 0 Å². The van der Waals surface area contributed by atoms with Gasteiger partial charge in [0.15, 0.2) is 0 Å². The van der Waals surface area contributed by atoms with Gasteiger partial charge in [-0.05, 0) is 12.8 Å². The predicted octanol–water partition coefficient (Wildman–Crippen LogP) is 2.42. The lowest BCUT2D eigenvalue weighted by atomic mass is 10.1. The number of carbonyl (C=O) groups is 1. The molecule has 3 rings (SSSR count). The third-order valence-corrected chi connectivity index (χ3v) is 4.31. The number of amides is 1. The highest BCUT2D eigenvalue weighted by atomic mass is 16.5. The monoisotopic (exact) mass is 381 g/mol. The second kappa shape index (κ2) is 9.72. The Morgan fingerprint density at radius 3 is 2.86 bits per heavy atom. The van der Waals surface area contributed by atoms with E-state index in [0.29, 0.717) is 29.3 Å². The van der Waals surface area contributed by atoms with Crippen molar-refractivity contribution in [3.8, 4) is 5.75 Å². The summed E-state index contributed by atoms with van der Waals surface area (Å²) < 4.78 is 11.3. The van der Waals surface area contributed by atoms with Crippen molar-refractivity contribution in [2.75, 3.05) is 44.8 Å². The van der Waals surface area contributed by atoms with Gasteiger partial charge >= 0.3 is 0 Å². The molecule has 1 aliphatic rings. The number of nitrogens with zero attached hydrogens (tertiary/aromatic N) is 4. The number of benzene rings is 1. The molecule has 8 heteroatoms. The van der Waals surface area contributed by atoms with Gasteiger partial charge in [-0.15, -0.1) is 0 Å². The molecule has 0 atom stereocenters. The van der Waals surface area contributed by atoms with E-state index >= 15 is 0 Å². The SMILES string of the molecule is C=Cc1cc(OCCN2CCOCC2)cc(NC(=O)c2cnccn2)c1N=C. The van der Waals surface area contributed by atoms with Gasteiger partial charge in [0.1, 0.15) is 18.1 Å². The summed E-state index contributed by atoms with van der Waals surface area (Å²) in [6.45, 7) is 12.0. The average molecular weight is 381 g/mol. The normalized spacial score (nSPS) is 14.3. The fraction of sp³-hybridized carbons (Fsp3) is 0.300. The Kier molecular flexibility index (Phi) is 6.83. The summed E-state index contributed by atoms with van der Waals surface area (Å²) >= 11 is 0. The fourth-order valence-corrected chi connectivity index (χ4v) is 2.86. The Hall–Kier alpha value is -3.10. The predicted molar refractivity (Wildman–Crippen MR) is 108 cm³/mol. The number of nitrogens with one attached hydrogen (secondary N) is 1. The van der Waals surface area contributed by atoms with Gasteiger partial charge in [-0.2, -0.15) is 0 Å². The van der Waals surface area contributed by atoms with Gasteiger partial charge in [0.25, 0.3) is 5.91 Å². The molecular formula is C20H23N5O3. The largest absolute Gasteiger partial charge is 0.492 e. The number of carbonyl (C=O) groups excluding carboxylic acids is 1. The van der Waals surface area contributed by atoms with Gasteiger partial charge in [-0.3, -0.25) is 19.7 Å². The molecule has 1 saturated heterocycles. The Morgan fingerprint density at radius 1 is 1.36 bits per heavy atom.